The van der Waals surface area contributed by atoms with Crippen molar-refractivity contribution in [1.82, 2.24) is 20.8 Å². The highest BCUT2D eigenvalue weighted by Crippen LogP contribution is 2.27. The van der Waals surface area contributed by atoms with Gasteiger partial charge in [0, 0.05) is 15.9 Å². The minimum Gasteiger partial charge on any atom is -0.337 e. The fraction of sp³-hybridized carbons (Fsp3) is 0.364. The first-order chi connectivity index (χ1) is 9.20. The van der Waals surface area contributed by atoms with Gasteiger partial charge in [0.05, 0.1) is 11.4 Å². The van der Waals surface area contributed by atoms with E-state index in [0.717, 1.165) is 22.2 Å². The molecule has 2 amide bonds. The van der Waals surface area contributed by atoms with Crippen LogP contribution in [0.25, 0.3) is 10.7 Å². The molecule has 2 aromatic heterocycles. The fourth-order valence-corrected chi connectivity index (χ4v) is 2.83. The second-order valence-electron chi connectivity index (χ2n) is 4.24. The summed E-state index contributed by atoms with van der Waals surface area (Å²) in [4.78, 5) is 16.6. The van der Waals surface area contributed by atoms with Crippen molar-refractivity contribution in [1.29, 1.82) is 0 Å². The molecule has 19 heavy (non-hydrogen) atoms. The van der Waals surface area contributed by atoms with Crippen LogP contribution in [0.1, 0.15) is 18.7 Å². The van der Waals surface area contributed by atoms with Crippen molar-refractivity contribution in [3.8, 4) is 10.7 Å². The molecule has 3 rings (SSSR count). The summed E-state index contributed by atoms with van der Waals surface area (Å²) in [5.41, 5.74) is 0. The average Bonchev–Trinajstić information content (AvgIpc) is 2.91. The molecule has 2 N–H and O–H groups in total. The molecule has 0 radical (unpaired) electrons. The summed E-state index contributed by atoms with van der Waals surface area (Å²) in [6.07, 6.45) is 2.12. The van der Waals surface area contributed by atoms with Crippen LogP contribution in [0.15, 0.2) is 20.4 Å². The predicted molar refractivity (Wildman–Crippen MR) is 73.7 cm³/mol. The molecule has 8 heteroatoms. The first-order valence-corrected chi connectivity index (χ1v) is 7.49. The lowest BCUT2D eigenvalue weighted by molar-refractivity contribution is 0.238. The van der Waals surface area contributed by atoms with E-state index in [4.69, 9.17) is 4.52 Å². The van der Waals surface area contributed by atoms with Crippen LogP contribution in [-0.4, -0.2) is 22.2 Å². The van der Waals surface area contributed by atoms with Gasteiger partial charge in [-0.15, -0.1) is 11.3 Å². The SMILES string of the molecule is O=C(NCc1nc(-c2cc(Br)cs2)no1)NC1CC1. The highest BCUT2D eigenvalue weighted by atomic mass is 79.9. The van der Waals surface area contributed by atoms with E-state index < -0.39 is 0 Å². The van der Waals surface area contributed by atoms with Gasteiger partial charge in [-0.2, -0.15) is 4.98 Å². The average molecular weight is 343 g/mol. The number of amides is 2. The van der Waals surface area contributed by atoms with Crippen LogP contribution in [-0.2, 0) is 6.54 Å². The van der Waals surface area contributed by atoms with E-state index in [-0.39, 0.29) is 12.6 Å². The van der Waals surface area contributed by atoms with Crippen molar-refractivity contribution >= 4 is 33.3 Å². The maximum absolute atomic E-state index is 11.4. The summed E-state index contributed by atoms with van der Waals surface area (Å²) in [5.74, 6) is 0.931. The molecule has 0 unspecified atom stereocenters. The Labute approximate surface area is 121 Å². The van der Waals surface area contributed by atoms with Crippen molar-refractivity contribution < 1.29 is 9.32 Å². The summed E-state index contributed by atoms with van der Waals surface area (Å²) in [6.45, 7) is 0.234. The summed E-state index contributed by atoms with van der Waals surface area (Å²) >= 11 is 4.90. The van der Waals surface area contributed by atoms with Gasteiger partial charge in [-0.1, -0.05) is 5.16 Å². The molecule has 0 aromatic carbocycles. The molecule has 2 heterocycles. The Morgan fingerprint density at radius 1 is 1.58 bits per heavy atom. The van der Waals surface area contributed by atoms with Crippen LogP contribution >= 0.6 is 27.3 Å². The molecule has 0 bridgehead atoms. The molecule has 1 aliphatic rings. The molecule has 0 aliphatic heterocycles. The van der Waals surface area contributed by atoms with Gasteiger partial charge in [0.2, 0.25) is 11.7 Å². The van der Waals surface area contributed by atoms with Crippen molar-refractivity contribution in [3.63, 3.8) is 0 Å². The van der Waals surface area contributed by atoms with Gasteiger partial charge in [-0.25, -0.2) is 4.79 Å². The lowest BCUT2D eigenvalue weighted by Gasteiger charge is -2.02. The highest BCUT2D eigenvalue weighted by molar-refractivity contribution is 9.10. The zero-order valence-electron chi connectivity index (χ0n) is 9.85. The molecular weight excluding hydrogens is 332 g/mol. The van der Waals surface area contributed by atoms with Gasteiger partial charge in [-0.3, -0.25) is 0 Å². The summed E-state index contributed by atoms with van der Waals surface area (Å²) in [6, 6.07) is 2.06. The number of carbonyl (C=O) groups excluding carboxylic acids is 1. The van der Waals surface area contributed by atoms with Crippen molar-refractivity contribution in [2.45, 2.75) is 25.4 Å². The smallest absolute Gasteiger partial charge is 0.315 e. The standard InChI is InChI=1S/C11H11BrN4O2S/c12-6-3-8(19-5-6)10-15-9(18-16-10)4-13-11(17)14-7-1-2-7/h3,5,7H,1-2,4H2,(H2,13,14,17). The van der Waals surface area contributed by atoms with E-state index in [2.05, 4.69) is 36.7 Å². The predicted octanol–water partition coefficient (Wildman–Crippen LogP) is 2.52. The van der Waals surface area contributed by atoms with Crippen molar-refractivity contribution in [2.24, 2.45) is 0 Å². The van der Waals surface area contributed by atoms with Gasteiger partial charge in [-0.05, 0) is 34.8 Å². The lowest BCUT2D eigenvalue weighted by Crippen LogP contribution is -2.36. The largest absolute Gasteiger partial charge is 0.337 e. The first-order valence-electron chi connectivity index (χ1n) is 5.82. The Kier molecular flexibility index (Phi) is 3.52. The Balaban J connectivity index is 1.57. The number of urea groups is 1. The molecule has 0 saturated heterocycles. The third-order valence-electron chi connectivity index (χ3n) is 2.57. The molecule has 1 saturated carbocycles. The molecule has 1 fully saturated rings. The van der Waals surface area contributed by atoms with Crippen LogP contribution in [0.5, 0.6) is 0 Å². The van der Waals surface area contributed by atoms with E-state index in [0.29, 0.717) is 17.8 Å². The summed E-state index contributed by atoms with van der Waals surface area (Å²) in [7, 11) is 0. The van der Waals surface area contributed by atoms with E-state index >= 15 is 0 Å². The number of thiophene rings is 1. The number of hydrogen-bond acceptors (Lipinski definition) is 5. The molecule has 2 aromatic rings. The summed E-state index contributed by atoms with van der Waals surface area (Å²) in [5, 5.41) is 11.3. The van der Waals surface area contributed by atoms with Crippen LogP contribution in [0.2, 0.25) is 0 Å². The van der Waals surface area contributed by atoms with E-state index in [1.807, 2.05) is 11.4 Å². The van der Waals surface area contributed by atoms with Gasteiger partial charge < -0.3 is 15.2 Å². The molecular formula is C11H11BrN4O2S. The van der Waals surface area contributed by atoms with Gasteiger partial charge in [0.15, 0.2) is 0 Å². The topological polar surface area (TPSA) is 80.1 Å². The van der Waals surface area contributed by atoms with Crippen LogP contribution in [0.3, 0.4) is 0 Å². The van der Waals surface area contributed by atoms with Gasteiger partial charge in [0.1, 0.15) is 0 Å². The number of nitrogens with one attached hydrogen (secondary N) is 2. The second kappa shape index (κ2) is 5.30. The number of rotatable bonds is 4. The second-order valence-corrected chi connectivity index (χ2v) is 6.07. The van der Waals surface area contributed by atoms with E-state index in [1.165, 1.54) is 11.3 Å². The minimum absolute atomic E-state index is 0.193. The third kappa shape index (κ3) is 3.32. The lowest BCUT2D eigenvalue weighted by atomic mass is 10.4. The van der Waals surface area contributed by atoms with E-state index in [9.17, 15) is 4.79 Å². The third-order valence-corrected chi connectivity index (χ3v) is 4.26. The fourth-order valence-electron chi connectivity index (χ4n) is 1.48. The zero-order chi connectivity index (χ0) is 13.2. The summed E-state index contributed by atoms with van der Waals surface area (Å²) < 4.78 is 6.07. The monoisotopic (exact) mass is 342 g/mol. The maximum atomic E-state index is 11.4. The van der Waals surface area contributed by atoms with Crippen LogP contribution in [0, 0.1) is 0 Å². The minimum atomic E-state index is -0.193. The number of nitrogens with zero attached hydrogens (tertiary/aromatic N) is 2. The number of aromatic nitrogens is 2. The van der Waals surface area contributed by atoms with Crippen LogP contribution in [0.4, 0.5) is 4.79 Å². The Hall–Kier alpha value is -1.41. The Morgan fingerprint density at radius 3 is 3.11 bits per heavy atom. The molecule has 0 spiro atoms. The number of hydrogen-bond donors (Lipinski definition) is 2. The first kappa shape index (κ1) is 12.6. The quantitative estimate of drug-likeness (QED) is 0.894. The maximum Gasteiger partial charge on any atom is 0.315 e. The molecule has 0 atom stereocenters. The van der Waals surface area contributed by atoms with Gasteiger partial charge in [0.25, 0.3) is 0 Å². The highest BCUT2D eigenvalue weighted by Gasteiger charge is 2.23. The number of halogens is 1. The molecule has 100 valence electrons. The van der Waals surface area contributed by atoms with E-state index in [1.54, 1.807) is 0 Å². The van der Waals surface area contributed by atoms with Crippen LogP contribution < -0.4 is 10.6 Å². The van der Waals surface area contributed by atoms with Crippen molar-refractivity contribution in [2.75, 3.05) is 0 Å². The van der Waals surface area contributed by atoms with Crippen molar-refractivity contribution in [3.05, 3.63) is 21.8 Å². The Bertz CT molecular complexity index is 593. The molecule has 6 nitrogen and oxygen atoms in total. The van der Waals surface area contributed by atoms with Gasteiger partial charge >= 0.3 is 6.03 Å². The molecule has 1 aliphatic carbocycles. The number of carbonyl (C=O) groups is 1. The zero-order valence-corrected chi connectivity index (χ0v) is 12.3. The Morgan fingerprint density at radius 2 is 2.42 bits per heavy atom. The normalized spacial score (nSPS) is 14.4.